The van der Waals surface area contributed by atoms with Crippen molar-refractivity contribution in [3.63, 3.8) is 0 Å². The maximum Gasteiger partial charge on any atom is 0.163 e. The van der Waals surface area contributed by atoms with Gasteiger partial charge in [-0.1, -0.05) is 13.8 Å². The maximum absolute atomic E-state index is 9.74. The Labute approximate surface area is 299 Å². The first-order valence-electron chi connectivity index (χ1n) is 18.1. The molecule has 0 radical (unpaired) electrons. The van der Waals surface area contributed by atoms with Crippen molar-refractivity contribution in [3.8, 4) is 11.5 Å². The predicted molar refractivity (Wildman–Crippen MR) is 202 cm³/mol. The summed E-state index contributed by atoms with van der Waals surface area (Å²) in [6, 6.07) is 7.79. The summed E-state index contributed by atoms with van der Waals surface area (Å²) in [6.07, 6.45) is 8.63. The predicted octanol–water partition coefficient (Wildman–Crippen LogP) is 6.39. The van der Waals surface area contributed by atoms with Crippen molar-refractivity contribution in [2.45, 2.75) is 79.1 Å². The molecule has 2 aromatic heterocycles. The number of aromatic nitrogens is 5. The highest BCUT2D eigenvalue weighted by molar-refractivity contribution is 5.93. The molecule has 0 saturated carbocycles. The molecule has 2 aliphatic rings. The number of hydrogen-bond donors (Lipinski definition) is 5. The fourth-order valence-corrected chi connectivity index (χ4v) is 6.56. The molecule has 51 heavy (non-hydrogen) atoms. The Bertz CT molecular complexity index is 1830. The fourth-order valence-electron chi connectivity index (χ4n) is 6.56. The number of rotatable bonds is 16. The van der Waals surface area contributed by atoms with E-state index < -0.39 is 0 Å². The van der Waals surface area contributed by atoms with Crippen LogP contribution in [-0.2, 0) is 12.8 Å². The molecule has 0 atom stereocenters. The van der Waals surface area contributed by atoms with Gasteiger partial charge in [-0.15, -0.1) is 0 Å². The van der Waals surface area contributed by atoms with Crippen LogP contribution in [0.4, 0.5) is 0 Å². The van der Waals surface area contributed by atoms with Crippen LogP contribution in [0, 0.1) is 0 Å². The molecule has 272 valence electrons. The number of aliphatic hydroxyl groups is 4. The van der Waals surface area contributed by atoms with Gasteiger partial charge in [0, 0.05) is 62.4 Å². The Morgan fingerprint density at radius 1 is 0.569 bits per heavy atom. The first-order valence-corrected chi connectivity index (χ1v) is 18.1. The zero-order valence-electron chi connectivity index (χ0n) is 30.3. The molecule has 0 fully saturated rings. The van der Waals surface area contributed by atoms with Crippen LogP contribution in [0.5, 0.6) is 11.5 Å². The van der Waals surface area contributed by atoms with Gasteiger partial charge in [0.15, 0.2) is 11.5 Å². The lowest BCUT2D eigenvalue weighted by Crippen LogP contribution is -2.05. The second kappa shape index (κ2) is 18.2. The third-order valence-electron chi connectivity index (χ3n) is 9.31. The van der Waals surface area contributed by atoms with Crippen LogP contribution in [0.2, 0.25) is 0 Å². The van der Waals surface area contributed by atoms with Crippen molar-refractivity contribution in [2.24, 2.45) is 0 Å². The monoisotopic (exact) mass is 697 g/mol. The van der Waals surface area contributed by atoms with E-state index in [1.807, 2.05) is 13.8 Å². The maximum atomic E-state index is 9.74. The Morgan fingerprint density at radius 2 is 0.980 bits per heavy atom. The minimum atomic E-state index is -0.0110. The summed E-state index contributed by atoms with van der Waals surface area (Å²) >= 11 is 0. The van der Waals surface area contributed by atoms with Gasteiger partial charge in [0.05, 0.1) is 59.4 Å². The Balaban J connectivity index is 1.88. The SMILES string of the molecule is CCc1c(CC)c2cc3nc(cnc4cc(OCCCO)c(OCCCO)cc4ncc4nc(cc1[nH]2)C(CCCO)=C4C)C(C)=C3CCCO. The molecule has 2 aliphatic heterocycles. The molecule has 1 aromatic carbocycles. The lowest BCUT2D eigenvalue weighted by atomic mass is 10.00. The third-order valence-corrected chi connectivity index (χ3v) is 9.31. The summed E-state index contributed by atoms with van der Waals surface area (Å²) in [6.45, 7) is 9.10. The van der Waals surface area contributed by atoms with Crippen LogP contribution in [0.15, 0.2) is 36.7 Å². The highest BCUT2D eigenvalue weighted by atomic mass is 16.5. The Kier molecular flexibility index (Phi) is 13.5. The molecule has 5 N–H and O–H groups in total. The zero-order chi connectivity index (χ0) is 36.3. The topological polar surface area (TPSA) is 167 Å². The van der Waals surface area contributed by atoms with E-state index in [0.29, 0.717) is 61.1 Å². The first-order chi connectivity index (χ1) is 24.9. The molecule has 11 nitrogen and oxygen atoms in total. The summed E-state index contributed by atoms with van der Waals surface area (Å²) in [5.41, 5.74) is 12.8. The number of aryl methyl sites for hydroxylation is 2. The second-order valence-corrected chi connectivity index (χ2v) is 12.7. The van der Waals surface area contributed by atoms with E-state index in [1.54, 1.807) is 24.5 Å². The average Bonchev–Trinajstić information content (AvgIpc) is 3.73. The van der Waals surface area contributed by atoms with Gasteiger partial charge in [-0.2, -0.15) is 0 Å². The van der Waals surface area contributed by atoms with E-state index in [9.17, 15) is 20.4 Å². The van der Waals surface area contributed by atoms with Crippen LogP contribution < -0.4 is 9.47 Å². The highest BCUT2D eigenvalue weighted by Gasteiger charge is 2.20. The number of aromatic amines is 1. The number of benzene rings is 1. The third kappa shape index (κ3) is 8.73. The van der Waals surface area contributed by atoms with Gasteiger partial charge >= 0.3 is 0 Å². The molecule has 6 bridgehead atoms. The quantitative estimate of drug-likeness (QED) is 0.106. The van der Waals surface area contributed by atoms with Gasteiger partial charge in [0.25, 0.3) is 0 Å². The van der Waals surface area contributed by atoms with Crippen molar-refractivity contribution in [3.05, 3.63) is 70.6 Å². The lowest BCUT2D eigenvalue weighted by molar-refractivity contribution is 0.211. The highest BCUT2D eigenvalue weighted by Crippen LogP contribution is 2.36. The minimum Gasteiger partial charge on any atom is -0.490 e. The fraction of sp³-hybridized carbons (Fsp3) is 0.450. The molecule has 11 heteroatoms. The molecule has 0 spiro atoms. The smallest absolute Gasteiger partial charge is 0.163 e. The summed E-state index contributed by atoms with van der Waals surface area (Å²) in [4.78, 5) is 23.7. The van der Waals surface area contributed by atoms with Gasteiger partial charge in [-0.25, -0.2) is 9.97 Å². The Morgan fingerprint density at radius 3 is 1.35 bits per heavy atom. The van der Waals surface area contributed by atoms with Crippen LogP contribution in [-0.4, -0.2) is 85.0 Å². The molecule has 5 rings (SSSR count). The van der Waals surface area contributed by atoms with Crippen LogP contribution in [0.25, 0.3) is 44.4 Å². The number of nitrogens with zero attached hydrogens (tertiary/aromatic N) is 4. The van der Waals surface area contributed by atoms with Crippen molar-refractivity contribution in [1.82, 2.24) is 24.9 Å². The summed E-state index contributed by atoms with van der Waals surface area (Å²) < 4.78 is 12.1. The summed E-state index contributed by atoms with van der Waals surface area (Å²) in [7, 11) is 0. The number of ether oxygens (including phenoxy) is 2. The van der Waals surface area contributed by atoms with Gasteiger partial charge in [0.2, 0.25) is 0 Å². The first kappa shape index (κ1) is 37.8. The van der Waals surface area contributed by atoms with E-state index in [1.165, 1.54) is 11.1 Å². The molecule has 0 unspecified atom stereocenters. The average molecular weight is 698 g/mol. The number of hydrogen-bond acceptors (Lipinski definition) is 10. The van der Waals surface area contributed by atoms with Gasteiger partial charge < -0.3 is 34.9 Å². The molecule has 3 aromatic rings. The van der Waals surface area contributed by atoms with Crippen molar-refractivity contribution < 1.29 is 29.9 Å². The molecule has 0 aliphatic carbocycles. The van der Waals surface area contributed by atoms with E-state index in [0.717, 1.165) is 68.9 Å². The largest absolute Gasteiger partial charge is 0.490 e. The van der Waals surface area contributed by atoms with Crippen molar-refractivity contribution in [2.75, 3.05) is 39.6 Å². The van der Waals surface area contributed by atoms with E-state index >= 15 is 0 Å². The zero-order valence-corrected chi connectivity index (χ0v) is 30.3. The molecule has 0 amide bonds. The van der Waals surface area contributed by atoms with Gasteiger partial charge in [-0.05, 0) is 97.9 Å². The lowest BCUT2D eigenvalue weighted by Gasteiger charge is -2.13. The minimum absolute atomic E-state index is 0.0110. The number of H-pyrrole nitrogens is 1. The van der Waals surface area contributed by atoms with Crippen molar-refractivity contribution >= 4 is 44.4 Å². The second-order valence-electron chi connectivity index (χ2n) is 12.7. The van der Waals surface area contributed by atoms with Gasteiger partial charge in [-0.3, -0.25) is 9.97 Å². The normalized spacial score (nSPS) is 12.9. The van der Waals surface area contributed by atoms with E-state index in [4.69, 9.17) is 29.4 Å². The molecule has 0 saturated heterocycles. The van der Waals surface area contributed by atoms with Crippen LogP contribution in [0.3, 0.4) is 0 Å². The molecular formula is C40H51N5O6. The van der Waals surface area contributed by atoms with Gasteiger partial charge in [0.1, 0.15) is 0 Å². The number of allylic oxidation sites excluding steroid dienone is 4. The number of fused-ring (bicyclic) bond motifs is 7. The summed E-state index contributed by atoms with van der Waals surface area (Å²) in [5, 5.41) is 38.2. The standard InChI is InChI=1S/C40H51N5O6/c1-5-27-28(6-2)32-20-34-30(12-8-14-47)26(4)38(45-34)24-42-36-22-40(51-18-10-16-49)39(50-17-9-15-48)21-35(36)41-23-37-25(3)29(11-7-13-46)33(44-37)19-31(27)43-32/h19-24,43,46-49H,5-18H2,1-4H3. The van der Waals surface area contributed by atoms with E-state index in [2.05, 4.69) is 31.0 Å². The molecule has 4 heterocycles. The van der Waals surface area contributed by atoms with Crippen LogP contribution >= 0.6 is 0 Å². The number of nitrogens with one attached hydrogen (secondary N) is 1. The molecular weight excluding hydrogens is 646 g/mol. The Hall–Kier alpha value is -4.42. The van der Waals surface area contributed by atoms with Crippen molar-refractivity contribution in [1.29, 1.82) is 0 Å². The summed E-state index contributed by atoms with van der Waals surface area (Å²) in [5.74, 6) is 0.908. The number of aliphatic hydroxyl groups excluding tert-OH is 4. The van der Waals surface area contributed by atoms with E-state index in [-0.39, 0.29) is 39.6 Å². The van der Waals surface area contributed by atoms with Crippen LogP contribution in [0.1, 0.15) is 100 Å².